The van der Waals surface area contributed by atoms with Gasteiger partial charge in [-0.25, -0.2) is 0 Å². The molecule has 0 saturated heterocycles. The molecular weight excluding hydrogens is 259 g/mol. The molecular formula is C9H10Cl2O3S. The first kappa shape index (κ1) is 12.8. The molecule has 1 aromatic carbocycles. The number of benzene rings is 1. The molecule has 1 aromatic rings. The Bertz CT molecular complexity index is 413. The van der Waals surface area contributed by atoms with Crippen LogP contribution < -0.4 is 0 Å². The third kappa shape index (κ3) is 4.38. The van der Waals surface area contributed by atoms with Gasteiger partial charge in [-0.2, -0.15) is 8.42 Å². The van der Waals surface area contributed by atoms with Crippen molar-refractivity contribution in [2.24, 2.45) is 0 Å². The second kappa shape index (κ2) is 5.16. The largest absolute Gasteiger partial charge is 0.265 e. The van der Waals surface area contributed by atoms with Gasteiger partial charge in [0.15, 0.2) is 0 Å². The van der Waals surface area contributed by atoms with Crippen LogP contribution in [-0.2, 0) is 14.3 Å². The Kier molecular flexibility index (Phi) is 4.40. The maximum atomic E-state index is 10.9. The minimum Gasteiger partial charge on any atom is -0.261 e. The maximum absolute atomic E-state index is 10.9. The number of alkyl halides is 1. The lowest BCUT2D eigenvalue weighted by Crippen LogP contribution is -2.11. The fourth-order valence-corrected chi connectivity index (χ4v) is 2.10. The smallest absolute Gasteiger partial charge is 0.261 e. The van der Waals surface area contributed by atoms with E-state index in [0.29, 0.717) is 10.6 Å². The summed E-state index contributed by atoms with van der Waals surface area (Å²) in [5.74, 6) is 0.0642. The summed E-state index contributed by atoms with van der Waals surface area (Å²) in [7, 11) is -3.51. The van der Waals surface area contributed by atoms with E-state index in [1.54, 1.807) is 24.3 Å². The van der Waals surface area contributed by atoms with Crippen molar-refractivity contribution in [2.45, 2.75) is 6.10 Å². The van der Waals surface area contributed by atoms with Gasteiger partial charge >= 0.3 is 0 Å². The van der Waals surface area contributed by atoms with Crippen molar-refractivity contribution in [1.82, 2.24) is 0 Å². The quantitative estimate of drug-likeness (QED) is 0.623. The monoisotopic (exact) mass is 268 g/mol. The van der Waals surface area contributed by atoms with Gasteiger partial charge in [0, 0.05) is 5.02 Å². The minimum atomic E-state index is -3.51. The van der Waals surface area contributed by atoms with E-state index in [0.717, 1.165) is 6.26 Å². The molecule has 0 saturated carbocycles. The summed E-state index contributed by atoms with van der Waals surface area (Å²) in [6.07, 6.45) is 0.321. The predicted molar refractivity (Wildman–Crippen MR) is 60.8 cm³/mol. The first-order valence-corrected chi connectivity index (χ1v) is 6.85. The Balaban J connectivity index is 2.88. The standard InChI is InChI=1S/C9H10Cl2O3S/c1-15(12,13)14-9(6-10)7-2-4-8(11)5-3-7/h2-5,9H,6H2,1H3. The van der Waals surface area contributed by atoms with Gasteiger partial charge in [0.25, 0.3) is 10.1 Å². The van der Waals surface area contributed by atoms with Gasteiger partial charge in [0.05, 0.1) is 12.1 Å². The van der Waals surface area contributed by atoms with Crippen molar-refractivity contribution in [3.63, 3.8) is 0 Å². The molecule has 1 atom stereocenters. The lowest BCUT2D eigenvalue weighted by Gasteiger charge is -2.13. The fraction of sp³-hybridized carbons (Fsp3) is 0.333. The van der Waals surface area contributed by atoms with E-state index in [1.807, 2.05) is 0 Å². The van der Waals surface area contributed by atoms with Crippen LogP contribution in [0.1, 0.15) is 11.7 Å². The number of hydrogen-bond acceptors (Lipinski definition) is 3. The average Bonchev–Trinajstić information content (AvgIpc) is 2.14. The zero-order valence-corrected chi connectivity index (χ0v) is 10.3. The lowest BCUT2D eigenvalue weighted by atomic mass is 10.1. The number of rotatable bonds is 4. The summed E-state index contributed by atoms with van der Waals surface area (Å²) < 4.78 is 26.7. The molecule has 0 amide bonds. The topological polar surface area (TPSA) is 43.4 Å². The van der Waals surface area contributed by atoms with Crippen LogP contribution in [0.15, 0.2) is 24.3 Å². The minimum absolute atomic E-state index is 0.0642. The Hall–Kier alpha value is -0.290. The normalized spacial score (nSPS) is 13.8. The summed E-state index contributed by atoms with van der Waals surface area (Å²) >= 11 is 11.3. The summed E-state index contributed by atoms with van der Waals surface area (Å²) in [5.41, 5.74) is 0.680. The highest BCUT2D eigenvalue weighted by Gasteiger charge is 2.16. The molecule has 0 spiro atoms. The van der Waals surface area contributed by atoms with Crippen LogP contribution in [0, 0.1) is 0 Å². The zero-order valence-electron chi connectivity index (χ0n) is 7.98. The molecule has 0 aliphatic heterocycles. The van der Waals surface area contributed by atoms with Gasteiger partial charge < -0.3 is 0 Å². The molecule has 0 aliphatic carbocycles. The summed E-state index contributed by atoms with van der Waals surface area (Å²) in [6.45, 7) is 0. The molecule has 0 fully saturated rings. The molecule has 0 heterocycles. The third-order valence-electron chi connectivity index (χ3n) is 1.67. The maximum Gasteiger partial charge on any atom is 0.265 e. The van der Waals surface area contributed by atoms with Crippen molar-refractivity contribution >= 4 is 33.3 Å². The van der Waals surface area contributed by atoms with Crippen LogP contribution in [0.4, 0.5) is 0 Å². The van der Waals surface area contributed by atoms with Gasteiger partial charge in [0.1, 0.15) is 6.10 Å². The number of halogens is 2. The molecule has 3 nitrogen and oxygen atoms in total. The summed E-state index contributed by atoms with van der Waals surface area (Å²) in [4.78, 5) is 0. The summed E-state index contributed by atoms with van der Waals surface area (Å²) in [6, 6.07) is 6.67. The van der Waals surface area contributed by atoms with Crippen molar-refractivity contribution < 1.29 is 12.6 Å². The van der Waals surface area contributed by atoms with E-state index in [-0.39, 0.29) is 5.88 Å². The molecule has 0 radical (unpaired) electrons. The van der Waals surface area contributed by atoms with Gasteiger partial charge in [-0.1, -0.05) is 23.7 Å². The van der Waals surface area contributed by atoms with Crippen LogP contribution >= 0.6 is 23.2 Å². The highest BCUT2D eigenvalue weighted by molar-refractivity contribution is 7.86. The van der Waals surface area contributed by atoms with E-state index in [1.165, 1.54) is 0 Å². The highest BCUT2D eigenvalue weighted by Crippen LogP contribution is 2.22. The molecule has 1 rings (SSSR count). The van der Waals surface area contributed by atoms with Crippen molar-refractivity contribution in [3.8, 4) is 0 Å². The Labute approximate surface area is 99.1 Å². The van der Waals surface area contributed by atoms with Crippen LogP contribution in [-0.4, -0.2) is 20.6 Å². The predicted octanol–water partition coefficient (Wildman–Crippen LogP) is 2.60. The third-order valence-corrected chi connectivity index (χ3v) is 2.79. The van der Waals surface area contributed by atoms with Gasteiger partial charge in [-0.05, 0) is 17.7 Å². The van der Waals surface area contributed by atoms with E-state index >= 15 is 0 Å². The second-order valence-electron chi connectivity index (χ2n) is 2.99. The zero-order chi connectivity index (χ0) is 11.5. The van der Waals surface area contributed by atoms with Crippen LogP contribution in [0.2, 0.25) is 5.02 Å². The van der Waals surface area contributed by atoms with E-state index in [9.17, 15) is 8.42 Å². The molecule has 0 bridgehead atoms. The summed E-state index contributed by atoms with van der Waals surface area (Å²) in [5, 5.41) is 0.575. The van der Waals surface area contributed by atoms with Crippen LogP contribution in [0.3, 0.4) is 0 Å². The fourth-order valence-electron chi connectivity index (χ4n) is 1.06. The Morgan fingerprint density at radius 1 is 1.33 bits per heavy atom. The molecule has 6 heteroatoms. The molecule has 1 unspecified atom stereocenters. The first-order chi connectivity index (χ1) is 6.92. The molecule has 0 aliphatic rings. The highest BCUT2D eigenvalue weighted by atomic mass is 35.5. The van der Waals surface area contributed by atoms with Crippen molar-refractivity contribution in [1.29, 1.82) is 0 Å². The Morgan fingerprint density at radius 2 is 1.87 bits per heavy atom. The van der Waals surface area contributed by atoms with Gasteiger partial charge in [-0.3, -0.25) is 4.18 Å². The molecule has 15 heavy (non-hydrogen) atoms. The Morgan fingerprint density at radius 3 is 2.27 bits per heavy atom. The van der Waals surface area contributed by atoms with Crippen molar-refractivity contribution in [2.75, 3.05) is 12.1 Å². The van der Waals surface area contributed by atoms with E-state index < -0.39 is 16.2 Å². The first-order valence-electron chi connectivity index (χ1n) is 4.12. The van der Waals surface area contributed by atoms with Gasteiger partial charge in [0.2, 0.25) is 0 Å². The van der Waals surface area contributed by atoms with Crippen molar-refractivity contribution in [3.05, 3.63) is 34.9 Å². The van der Waals surface area contributed by atoms with E-state index in [4.69, 9.17) is 27.4 Å². The average molecular weight is 269 g/mol. The SMILES string of the molecule is CS(=O)(=O)OC(CCl)c1ccc(Cl)cc1. The van der Waals surface area contributed by atoms with Gasteiger partial charge in [-0.15, -0.1) is 11.6 Å². The molecule has 0 N–H and O–H groups in total. The number of hydrogen-bond donors (Lipinski definition) is 0. The van der Waals surface area contributed by atoms with E-state index in [2.05, 4.69) is 0 Å². The van der Waals surface area contributed by atoms with Crippen LogP contribution in [0.5, 0.6) is 0 Å². The van der Waals surface area contributed by atoms with Crippen LogP contribution in [0.25, 0.3) is 0 Å². The molecule has 0 aromatic heterocycles. The lowest BCUT2D eigenvalue weighted by molar-refractivity contribution is 0.240. The second-order valence-corrected chi connectivity index (χ2v) is 5.34. The molecule has 84 valence electrons.